The molecule has 0 spiro atoms. The number of pyridine rings is 2. The Morgan fingerprint density at radius 1 is 1.14 bits per heavy atom. The molecule has 3 aromatic heterocycles. The molecule has 9 heteroatoms. The molecular formula is C27H29Cl2N5O2. The number of aliphatic hydroxyl groups is 1. The lowest BCUT2D eigenvalue weighted by Gasteiger charge is -2.18. The maximum Gasteiger partial charge on any atom is 0.124 e. The molecule has 5 rings (SSSR count). The number of H-pyrrole nitrogens is 1. The normalized spacial score (nSPS) is 18.0. The van der Waals surface area contributed by atoms with Crippen LogP contribution in [0.25, 0.3) is 10.9 Å². The van der Waals surface area contributed by atoms with E-state index in [1.807, 2.05) is 31.3 Å². The number of likely N-dealkylation sites (tertiary alicyclic amines) is 1. The van der Waals surface area contributed by atoms with Crippen molar-refractivity contribution in [2.24, 2.45) is 0 Å². The summed E-state index contributed by atoms with van der Waals surface area (Å²) < 4.78 is 6.20. The van der Waals surface area contributed by atoms with Crippen LogP contribution in [0, 0.1) is 0 Å². The summed E-state index contributed by atoms with van der Waals surface area (Å²) in [6, 6.07) is 10.1. The van der Waals surface area contributed by atoms with Crippen LogP contribution in [0.5, 0.6) is 5.75 Å². The predicted octanol–water partition coefficient (Wildman–Crippen LogP) is 5.71. The van der Waals surface area contributed by atoms with Crippen molar-refractivity contribution in [3.63, 3.8) is 0 Å². The van der Waals surface area contributed by atoms with Crippen LogP contribution < -0.4 is 4.74 Å². The topological polar surface area (TPSA) is 87.2 Å². The van der Waals surface area contributed by atoms with E-state index in [0.29, 0.717) is 21.4 Å². The fourth-order valence-electron chi connectivity index (χ4n) is 4.84. The highest BCUT2D eigenvalue weighted by Crippen LogP contribution is 2.34. The monoisotopic (exact) mass is 525 g/mol. The maximum atomic E-state index is 9.73. The van der Waals surface area contributed by atoms with Gasteiger partial charge >= 0.3 is 0 Å². The Kier molecular flexibility index (Phi) is 7.44. The molecular weight excluding hydrogens is 497 g/mol. The molecule has 0 radical (unpaired) electrons. The molecule has 0 saturated carbocycles. The Morgan fingerprint density at radius 2 is 1.94 bits per heavy atom. The zero-order valence-corrected chi connectivity index (χ0v) is 21.8. The third kappa shape index (κ3) is 5.49. The summed E-state index contributed by atoms with van der Waals surface area (Å²) in [6.45, 7) is 6.51. The number of aromatic nitrogens is 4. The van der Waals surface area contributed by atoms with Crippen molar-refractivity contribution in [1.29, 1.82) is 0 Å². The average molecular weight is 526 g/mol. The number of aliphatic hydroxyl groups excluding tert-OH is 1. The first-order valence-corrected chi connectivity index (χ1v) is 12.9. The van der Waals surface area contributed by atoms with Crippen molar-refractivity contribution in [2.45, 2.75) is 51.4 Å². The minimum Gasteiger partial charge on any atom is -0.486 e. The van der Waals surface area contributed by atoms with E-state index >= 15 is 0 Å². The van der Waals surface area contributed by atoms with Crippen LogP contribution >= 0.6 is 23.2 Å². The highest BCUT2D eigenvalue weighted by atomic mass is 35.5. The molecule has 1 saturated heterocycles. The van der Waals surface area contributed by atoms with Gasteiger partial charge in [-0.3, -0.25) is 20.0 Å². The molecule has 0 aliphatic carbocycles. The molecule has 1 aromatic carbocycles. The van der Waals surface area contributed by atoms with Gasteiger partial charge in [0, 0.05) is 60.8 Å². The molecule has 0 bridgehead atoms. The lowest BCUT2D eigenvalue weighted by molar-refractivity contribution is 0.174. The van der Waals surface area contributed by atoms with E-state index in [4.69, 9.17) is 27.9 Å². The molecule has 0 amide bonds. The maximum absolute atomic E-state index is 9.73. The number of benzene rings is 1. The van der Waals surface area contributed by atoms with Gasteiger partial charge in [0.25, 0.3) is 0 Å². The first-order chi connectivity index (χ1) is 17.4. The number of hydrogen-bond donors (Lipinski definition) is 2. The Labute approximate surface area is 220 Å². The minimum absolute atomic E-state index is 0.202. The van der Waals surface area contributed by atoms with E-state index in [1.165, 1.54) is 5.56 Å². The van der Waals surface area contributed by atoms with Gasteiger partial charge in [0.2, 0.25) is 0 Å². The number of hydrogen-bond acceptors (Lipinski definition) is 6. The van der Waals surface area contributed by atoms with Gasteiger partial charge in [-0.05, 0) is 49.6 Å². The first kappa shape index (κ1) is 25.0. The summed E-state index contributed by atoms with van der Waals surface area (Å²) >= 11 is 12.6. The standard InChI is InChI=1S/C27H29Cl2N5O2/c1-16(9-18-3-4-19(31-11-18)14-34-8-7-20(35)15-34)27-22-10-21(5-6-25(22)32-33-27)36-17(2)26-23(28)12-30-13-24(26)29/h3-6,10-13,16-17,20,35H,7-9,14-15H2,1-2H3,(H,32,33)/t16?,17-,20+/m1/s1. The first-order valence-electron chi connectivity index (χ1n) is 12.1. The molecule has 1 aliphatic heterocycles. The predicted molar refractivity (Wildman–Crippen MR) is 142 cm³/mol. The number of rotatable bonds is 8. The van der Waals surface area contributed by atoms with E-state index in [2.05, 4.69) is 44.1 Å². The van der Waals surface area contributed by atoms with Crippen molar-refractivity contribution < 1.29 is 9.84 Å². The number of aromatic amines is 1. The lowest BCUT2D eigenvalue weighted by atomic mass is 9.96. The van der Waals surface area contributed by atoms with Crippen LogP contribution in [0.1, 0.15) is 54.8 Å². The molecule has 1 unspecified atom stereocenters. The zero-order valence-electron chi connectivity index (χ0n) is 20.3. The van der Waals surface area contributed by atoms with Crippen molar-refractivity contribution in [3.8, 4) is 5.75 Å². The van der Waals surface area contributed by atoms with E-state index in [-0.39, 0.29) is 18.1 Å². The van der Waals surface area contributed by atoms with Crippen molar-refractivity contribution in [1.82, 2.24) is 25.1 Å². The fourth-order valence-corrected chi connectivity index (χ4v) is 5.51. The summed E-state index contributed by atoms with van der Waals surface area (Å²) in [5, 5.41) is 19.4. The average Bonchev–Trinajstić information content (AvgIpc) is 3.45. The van der Waals surface area contributed by atoms with Crippen LogP contribution in [0.3, 0.4) is 0 Å². The molecule has 1 fully saturated rings. The Morgan fingerprint density at radius 3 is 2.64 bits per heavy atom. The number of nitrogens with one attached hydrogen (secondary N) is 1. The van der Waals surface area contributed by atoms with Crippen LogP contribution in [0.2, 0.25) is 10.0 Å². The van der Waals surface area contributed by atoms with E-state index in [0.717, 1.165) is 54.8 Å². The molecule has 188 valence electrons. The van der Waals surface area contributed by atoms with Crippen molar-refractivity contribution >= 4 is 34.1 Å². The largest absolute Gasteiger partial charge is 0.486 e. The number of halogens is 2. The minimum atomic E-state index is -0.341. The molecule has 4 heterocycles. The summed E-state index contributed by atoms with van der Waals surface area (Å²) in [5.41, 5.74) is 4.85. The van der Waals surface area contributed by atoms with Gasteiger partial charge in [0.05, 0.1) is 27.4 Å². The van der Waals surface area contributed by atoms with Gasteiger partial charge in [-0.15, -0.1) is 0 Å². The van der Waals surface area contributed by atoms with Gasteiger partial charge in [-0.1, -0.05) is 36.2 Å². The lowest BCUT2D eigenvalue weighted by Crippen LogP contribution is -2.22. The number of ether oxygens (including phenoxy) is 1. The highest BCUT2D eigenvalue weighted by molar-refractivity contribution is 6.35. The molecule has 4 aromatic rings. The smallest absolute Gasteiger partial charge is 0.124 e. The van der Waals surface area contributed by atoms with Gasteiger partial charge in [-0.2, -0.15) is 5.10 Å². The number of nitrogens with zero attached hydrogens (tertiary/aromatic N) is 4. The number of fused-ring (bicyclic) bond motifs is 1. The van der Waals surface area contributed by atoms with Gasteiger partial charge in [0.15, 0.2) is 0 Å². The molecule has 3 atom stereocenters. The van der Waals surface area contributed by atoms with Gasteiger partial charge < -0.3 is 9.84 Å². The summed E-state index contributed by atoms with van der Waals surface area (Å²) in [5.74, 6) is 0.917. The second-order valence-electron chi connectivity index (χ2n) is 9.53. The second kappa shape index (κ2) is 10.7. The van der Waals surface area contributed by atoms with Crippen molar-refractivity contribution in [2.75, 3.05) is 13.1 Å². The summed E-state index contributed by atoms with van der Waals surface area (Å²) in [7, 11) is 0. The van der Waals surface area contributed by atoms with E-state index < -0.39 is 0 Å². The van der Waals surface area contributed by atoms with Crippen LogP contribution in [-0.4, -0.2) is 49.4 Å². The van der Waals surface area contributed by atoms with Crippen LogP contribution in [0.15, 0.2) is 48.9 Å². The fraction of sp³-hybridized carbons (Fsp3) is 0.370. The van der Waals surface area contributed by atoms with E-state index in [9.17, 15) is 5.11 Å². The van der Waals surface area contributed by atoms with Crippen LogP contribution in [-0.2, 0) is 13.0 Å². The second-order valence-corrected chi connectivity index (χ2v) is 10.3. The third-order valence-corrected chi connectivity index (χ3v) is 7.32. The molecule has 1 aliphatic rings. The molecule has 7 nitrogen and oxygen atoms in total. The highest BCUT2D eigenvalue weighted by Gasteiger charge is 2.21. The Balaban J connectivity index is 1.28. The van der Waals surface area contributed by atoms with Gasteiger partial charge in [-0.25, -0.2) is 0 Å². The SMILES string of the molecule is CC(Cc1ccc(CN2CC[C@H](O)C2)nc1)c1[nH]nc2ccc(O[C@H](C)c3c(Cl)cncc3Cl)cc12. The van der Waals surface area contributed by atoms with Gasteiger partial charge in [0.1, 0.15) is 11.9 Å². The Bertz CT molecular complexity index is 1320. The number of β-amino-alcohol motifs (C(OH)–C–C–N with tert-alkyl or cyclic N) is 1. The molecule has 36 heavy (non-hydrogen) atoms. The van der Waals surface area contributed by atoms with Crippen LogP contribution in [0.4, 0.5) is 0 Å². The summed E-state index contributed by atoms with van der Waals surface area (Å²) in [6.07, 6.45) is 6.21. The van der Waals surface area contributed by atoms with E-state index in [1.54, 1.807) is 12.4 Å². The Hall–Kier alpha value is -2.71. The van der Waals surface area contributed by atoms with Crippen molar-refractivity contribution in [3.05, 3.63) is 81.5 Å². The molecule has 2 N–H and O–H groups in total. The quantitative estimate of drug-likeness (QED) is 0.306. The third-order valence-electron chi connectivity index (χ3n) is 6.72. The zero-order chi connectivity index (χ0) is 25.2. The summed E-state index contributed by atoms with van der Waals surface area (Å²) in [4.78, 5) is 10.9.